The Hall–Kier alpha value is -1.70. The molecule has 3 fully saturated rings. The van der Waals surface area contributed by atoms with Crippen LogP contribution in [0.5, 0.6) is 0 Å². The van der Waals surface area contributed by atoms with E-state index in [4.69, 9.17) is 0 Å². The molecule has 166 valence electrons. The first-order chi connectivity index (χ1) is 14.9. The summed E-state index contributed by atoms with van der Waals surface area (Å²) in [5.74, 6) is 3.31. The highest BCUT2D eigenvalue weighted by molar-refractivity contribution is 5.92. The Morgan fingerprint density at radius 1 is 0.903 bits per heavy atom. The quantitative estimate of drug-likeness (QED) is 0.497. The fraction of sp³-hybridized carbons (Fsp3) is 0.655. The summed E-state index contributed by atoms with van der Waals surface area (Å²) in [6.07, 6.45) is 13.9. The van der Waals surface area contributed by atoms with Gasteiger partial charge in [-0.15, -0.1) is 0 Å². The van der Waals surface area contributed by atoms with Gasteiger partial charge in [0.25, 0.3) is 0 Å². The zero-order valence-electron chi connectivity index (χ0n) is 19.4. The lowest BCUT2D eigenvalue weighted by Crippen LogP contribution is -2.52. The highest BCUT2D eigenvalue weighted by Crippen LogP contribution is 2.65. The minimum absolute atomic E-state index is 0.0684. The topological polar surface area (TPSA) is 34.1 Å². The maximum Gasteiger partial charge on any atom is 0.155 e. The van der Waals surface area contributed by atoms with Crippen LogP contribution in [0.15, 0.2) is 42.0 Å². The minimum Gasteiger partial charge on any atom is -0.299 e. The third kappa shape index (κ3) is 3.55. The van der Waals surface area contributed by atoms with Crippen LogP contribution in [0.2, 0.25) is 0 Å². The zero-order valence-corrected chi connectivity index (χ0v) is 19.4. The summed E-state index contributed by atoms with van der Waals surface area (Å²) in [5.41, 5.74) is 3.02. The molecule has 1 aromatic rings. The van der Waals surface area contributed by atoms with Gasteiger partial charge in [-0.2, -0.15) is 0 Å². The lowest BCUT2D eigenvalue weighted by atomic mass is 9.45. The van der Waals surface area contributed by atoms with Gasteiger partial charge >= 0.3 is 0 Å². The molecule has 31 heavy (non-hydrogen) atoms. The number of fused-ring (bicyclic) bond motifs is 5. The average molecular weight is 419 g/mol. The molecule has 0 unspecified atom stereocenters. The van der Waals surface area contributed by atoms with Crippen molar-refractivity contribution in [1.29, 1.82) is 0 Å². The van der Waals surface area contributed by atoms with Crippen molar-refractivity contribution in [3.63, 3.8) is 0 Å². The van der Waals surface area contributed by atoms with Crippen molar-refractivity contribution in [3.8, 4) is 0 Å². The van der Waals surface area contributed by atoms with E-state index < -0.39 is 0 Å². The van der Waals surface area contributed by atoms with Gasteiger partial charge in [-0.25, -0.2) is 0 Å². The van der Waals surface area contributed by atoms with E-state index in [1.54, 1.807) is 0 Å². The number of allylic oxidation sites excluding steroid dienone is 1. The second-order valence-electron chi connectivity index (χ2n) is 11.4. The van der Waals surface area contributed by atoms with E-state index in [1.165, 1.54) is 43.2 Å². The van der Waals surface area contributed by atoms with Gasteiger partial charge in [0.15, 0.2) is 5.78 Å². The third-order valence-corrected chi connectivity index (χ3v) is 9.94. The minimum atomic E-state index is -0.0684. The number of Topliss-reactive ketones (excluding diaryl/α,β-unsaturated/α-hetero) is 1. The molecule has 0 spiro atoms. The molecular formula is C29H38O2. The fourth-order valence-electron chi connectivity index (χ4n) is 8.19. The molecule has 2 heteroatoms. The molecule has 0 aliphatic heterocycles. The fourth-order valence-corrected chi connectivity index (χ4v) is 8.19. The van der Waals surface area contributed by atoms with Gasteiger partial charge in [0.1, 0.15) is 5.78 Å². The summed E-state index contributed by atoms with van der Waals surface area (Å²) in [6, 6.07) is 10.8. The summed E-state index contributed by atoms with van der Waals surface area (Å²) in [5, 5.41) is 0. The molecule has 0 heterocycles. The summed E-state index contributed by atoms with van der Waals surface area (Å²) < 4.78 is 0. The van der Waals surface area contributed by atoms with Gasteiger partial charge in [-0.1, -0.05) is 56.2 Å². The number of rotatable bonds is 5. The van der Waals surface area contributed by atoms with Gasteiger partial charge in [0, 0.05) is 18.3 Å². The number of hydrogen-bond acceptors (Lipinski definition) is 2. The standard InChI is InChI=1S/C29H38O2/c1-28-16-14-22(30)19-26(28)21(11-7-6-10-20-8-4-3-5-9-20)18-23-24-12-13-27(31)29(24,2)17-15-25(23)28/h3-5,8-9,19,21,23-25H,6-7,10-18H2,1-2H3/t21-,23+,24+,25+,28-,29+/m1/s1. The number of benzene rings is 1. The van der Waals surface area contributed by atoms with Crippen molar-refractivity contribution < 1.29 is 9.59 Å². The van der Waals surface area contributed by atoms with E-state index in [2.05, 4.69) is 50.3 Å². The van der Waals surface area contributed by atoms with Crippen LogP contribution >= 0.6 is 0 Å². The molecule has 0 saturated heterocycles. The molecule has 4 aliphatic rings. The summed E-state index contributed by atoms with van der Waals surface area (Å²) >= 11 is 0. The molecule has 0 aromatic heterocycles. The van der Waals surface area contributed by atoms with Gasteiger partial charge < -0.3 is 0 Å². The SMILES string of the molecule is C[C@]12CCC(=O)C=C1[C@H](CCCCc1ccccc1)C[C@@H]1[C@@H]2CC[C@]2(C)C(=O)CC[C@@H]12. The average Bonchev–Trinajstić information content (AvgIpc) is 3.07. The molecule has 0 N–H and O–H groups in total. The monoisotopic (exact) mass is 418 g/mol. The van der Waals surface area contributed by atoms with Crippen LogP contribution in [0, 0.1) is 34.5 Å². The first-order valence-electron chi connectivity index (χ1n) is 12.7. The maximum atomic E-state index is 12.8. The molecule has 4 aliphatic carbocycles. The molecule has 3 saturated carbocycles. The van der Waals surface area contributed by atoms with Crippen LogP contribution in [0.3, 0.4) is 0 Å². The molecule has 0 bridgehead atoms. The molecule has 0 amide bonds. The van der Waals surface area contributed by atoms with E-state index in [0.29, 0.717) is 41.7 Å². The maximum absolute atomic E-state index is 12.8. The molecule has 0 radical (unpaired) electrons. The Balaban J connectivity index is 1.36. The van der Waals surface area contributed by atoms with E-state index in [9.17, 15) is 9.59 Å². The number of hydrogen-bond donors (Lipinski definition) is 0. The highest BCUT2D eigenvalue weighted by atomic mass is 16.1. The van der Waals surface area contributed by atoms with Gasteiger partial charge in [0.2, 0.25) is 0 Å². The Morgan fingerprint density at radius 2 is 1.68 bits per heavy atom. The van der Waals surface area contributed by atoms with Crippen molar-refractivity contribution in [1.82, 2.24) is 0 Å². The van der Waals surface area contributed by atoms with Crippen LogP contribution in [0.4, 0.5) is 0 Å². The van der Waals surface area contributed by atoms with Crippen LogP contribution in [-0.2, 0) is 16.0 Å². The van der Waals surface area contributed by atoms with Crippen LogP contribution in [0.1, 0.15) is 83.6 Å². The molecule has 1 aromatic carbocycles. The first kappa shape index (κ1) is 21.2. The number of ketones is 2. The molecular weight excluding hydrogens is 380 g/mol. The predicted molar refractivity (Wildman–Crippen MR) is 125 cm³/mol. The van der Waals surface area contributed by atoms with Crippen molar-refractivity contribution in [3.05, 3.63) is 47.5 Å². The Morgan fingerprint density at radius 3 is 2.48 bits per heavy atom. The molecule has 2 nitrogen and oxygen atoms in total. The zero-order chi connectivity index (χ0) is 21.6. The van der Waals surface area contributed by atoms with Crippen molar-refractivity contribution in [2.45, 2.75) is 84.5 Å². The van der Waals surface area contributed by atoms with Crippen LogP contribution < -0.4 is 0 Å². The molecule has 6 atom stereocenters. The van der Waals surface area contributed by atoms with Crippen molar-refractivity contribution in [2.24, 2.45) is 34.5 Å². The summed E-state index contributed by atoms with van der Waals surface area (Å²) in [6.45, 7) is 4.74. The second kappa shape index (κ2) is 8.01. The highest BCUT2D eigenvalue weighted by Gasteiger charge is 2.60. The number of carbonyl (C=O) groups is 2. The Kier molecular flexibility index (Phi) is 5.47. The summed E-state index contributed by atoms with van der Waals surface area (Å²) in [4.78, 5) is 25.2. The van der Waals surface area contributed by atoms with E-state index in [1.807, 2.05) is 0 Å². The number of unbranched alkanes of at least 4 members (excludes halogenated alkanes) is 1. The largest absolute Gasteiger partial charge is 0.299 e. The number of carbonyl (C=O) groups excluding carboxylic acids is 2. The number of aryl methyl sites for hydroxylation is 1. The Bertz CT molecular complexity index is 883. The van der Waals surface area contributed by atoms with Crippen LogP contribution in [-0.4, -0.2) is 11.6 Å². The van der Waals surface area contributed by atoms with E-state index in [0.717, 1.165) is 32.1 Å². The normalized spacial score (nSPS) is 39.5. The van der Waals surface area contributed by atoms with Crippen molar-refractivity contribution >= 4 is 11.6 Å². The second-order valence-corrected chi connectivity index (χ2v) is 11.4. The first-order valence-corrected chi connectivity index (χ1v) is 12.7. The van der Waals surface area contributed by atoms with Gasteiger partial charge in [0.05, 0.1) is 0 Å². The van der Waals surface area contributed by atoms with Gasteiger partial charge in [-0.3, -0.25) is 9.59 Å². The lowest BCUT2D eigenvalue weighted by Gasteiger charge is -2.59. The predicted octanol–water partition coefficient (Wildman–Crippen LogP) is 6.73. The smallest absolute Gasteiger partial charge is 0.155 e. The lowest BCUT2D eigenvalue weighted by molar-refractivity contribution is -0.133. The van der Waals surface area contributed by atoms with Crippen LogP contribution in [0.25, 0.3) is 0 Å². The Labute approximate surface area is 187 Å². The van der Waals surface area contributed by atoms with E-state index >= 15 is 0 Å². The third-order valence-electron chi connectivity index (χ3n) is 9.94. The summed E-state index contributed by atoms with van der Waals surface area (Å²) in [7, 11) is 0. The molecule has 5 rings (SSSR count). The van der Waals surface area contributed by atoms with Crippen molar-refractivity contribution in [2.75, 3.05) is 0 Å². The van der Waals surface area contributed by atoms with E-state index in [-0.39, 0.29) is 10.8 Å². The van der Waals surface area contributed by atoms with Gasteiger partial charge in [-0.05, 0) is 92.1 Å².